The molecule has 0 amide bonds. The van der Waals surface area contributed by atoms with E-state index < -0.39 is 0 Å². The molecule has 0 rings (SSSR count). The maximum Gasteiger partial charge on any atom is 0.0706 e. The SMILES string of the molecule is [B]C(C)CSC. The summed E-state index contributed by atoms with van der Waals surface area (Å²) in [4.78, 5) is 0. The van der Waals surface area contributed by atoms with Crippen LogP contribution in [0.1, 0.15) is 6.92 Å². The highest BCUT2D eigenvalue weighted by atomic mass is 32.2. The van der Waals surface area contributed by atoms with E-state index >= 15 is 0 Å². The molecule has 0 aliphatic carbocycles. The number of hydrogen-bond donors (Lipinski definition) is 0. The van der Waals surface area contributed by atoms with Gasteiger partial charge in [0, 0.05) is 0 Å². The van der Waals surface area contributed by atoms with Crippen LogP contribution >= 0.6 is 11.8 Å². The fourth-order valence-electron chi connectivity index (χ4n) is 0.263. The Kier molecular flexibility index (Phi) is 3.85. The van der Waals surface area contributed by atoms with Crippen molar-refractivity contribution in [1.82, 2.24) is 0 Å². The van der Waals surface area contributed by atoms with E-state index in [1.807, 2.05) is 6.92 Å². The molecule has 34 valence electrons. The first-order valence-electron chi connectivity index (χ1n) is 2.02. The molecule has 0 aromatic carbocycles. The van der Waals surface area contributed by atoms with Gasteiger partial charge in [-0.25, -0.2) is 0 Å². The summed E-state index contributed by atoms with van der Waals surface area (Å²) in [5.41, 5.74) is 0. The minimum absolute atomic E-state index is 0.361. The third-order valence-electron chi connectivity index (χ3n) is 0.430. The van der Waals surface area contributed by atoms with Crippen molar-refractivity contribution >= 4 is 19.6 Å². The minimum Gasteiger partial charge on any atom is -0.166 e. The van der Waals surface area contributed by atoms with E-state index in [9.17, 15) is 0 Å². The zero-order chi connectivity index (χ0) is 4.99. The summed E-state index contributed by atoms with van der Waals surface area (Å²) in [6.07, 6.45) is 2.06. The van der Waals surface area contributed by atoms with E-state index in [1.165, 1.54) is 0 Å². The van der Waals surface area contributed by atoms with Crippen LogP contribution in [-0.2, 0) is 0 Å². The van der Waals surface area contributed by atoms with Crippen molar-refractivity contribution in [2.75, 3.05) is 12.0 Å². The molecule has 0 heterocycles. The van der Waals surface area contributed by atoms with Gasteiger partial charge in [0.2, 0.25) is 0 Å². The van der Waals surface area contributed by atoms with Gasteiger partial charge in [-0.05, 0) is 12.0 Å². The molecule has 0 aliphatic heterocycles. The van der Waals surface area contributed by atoms with E-state index in [-0.39, 0.29) is 0 Å². The topological polar surface area (TPSA) is 0 Å². The monoisotopic (exact) mass is 100 g/mol. The lowest BCUT2D eigenvalue weighted by atomic mass is 9.92. The van der Waals surface area contributed by atoms with Crippen LogP contribution in [0.2, 0.25) is 5.82 Å². The molecule has 6 heavy (non-hydrogen) atoms. The molecule has 2 heteroatoms. The maximum atomic E-state index is 5.38. The first kappa shape index (κ1) is 6.41. The summed E-state index contributed by atoms with van der Waals surface area (Å²) in [7, 11) is 5.38. The zero-order valence-corrected chi connectivity index (χ0v) is 5.09. The van der Waals surface area contributed by atoms with E-state index in [0.29, 0.717) is 5.82 Å². The molecule has 1 atom stereocenters. The van der Waals surface area contributed by atoms with Gasteiger partial charge >= 0.3 is 0 Å². The van der Waals surface area contributed by atoms with Gasteiger partial charge in [-0.1, -0.05) is 12.7 Å². The van der Waals surface area contributed by atoms with Crippen molar-refractivity contribution in [3.8, 4) is 0 Å². The highest BCUT2D eigenvalue weighted by Crippen LogP contribution is 2.03. The Balaban J connectivity index is 2.63. The van der Waals surface area contributed by atoms with E-state index in [0.717, 1.165) is 5.75 Å². The largest absolute Gasteiger partial charge is 0.166 e. The second kappa shape index (κ2) is 3.60. The van der Waals surface area contributed by atoms with Crippen LogP contribution in [0.5, 0.6) is 0 Å². The lowest BCUT2D eigenvalue weighted by Crippen LogP contribution is -1.85. The van der Waals surface area contributed by atoms with E-state index in [4.69, 9.17) is 7.85 Å². The summed E-state index contributed by atoms with van der Waals surface area (Å²) in [5, 5.41) is 0. The summed E-state index contributed by atoms with van der Waals surface area (Å²) in [6, 6.07) is 0. The molecule has 1 unspecified atom stereocenters. The second-order valence-corrected chi connectivity index (χ2v) is 2.34. The fourth-order valence-corrected chi connectivity index (χ4v) is 0.789. The molecule has 0 saturated carbocycles. The molecule has 0 saturated heterocycles. The molecule has 0 spiro atoms. The van der Waals surface area contributed by atoms with Crippen molar-refractivity contribution in [1.29, 1.82) is 0 Å². The maximum absolute atomic E-state index is 5.38. The predicted molar refractivity (Wildman–Crippen MR) is 33.6 cm³/mol. The average Bonchev–Trinajstić information content (AvgIpc) is 1.35. The minimum atomic E-state index is 0.361. The number of hydrogen-bond acceptors (Lipinski definition) is 1. The first-order chi connectivity index (χ1) is 2.77. The molecule has 0 aromatic heterocycles. The third kappa shape index (κ3) is 4.41. The molecule has 0 nitrogen and oxygen atoms in total. The molecule has 2 radical (unpaired) electrons. The van der Waals surface area contributed by atoms with Crippen LogP contribution in [-0.4, -0.2) is 19.9 Å². The lowest BCUT2D eigenvalue weighted by Gasteiger charge is -1.96. The molecule has 0 N–H and O–H groups in total. The highest BCUT2D eigenvalue weighted by molar-refractivity contribution is 7.98. The van der Waals surface area contributed by atoms with Crippen molar-refractivity contribution in [2.24, 2.45) is 0 Å². The van der Waals surface area contributed by atoms with Gasteiger partial charge in [-0.15, -0.1) is 0 Å². The van der Waals surface area contributed by atoms with Crippen molar-refractivity contribution < 1.29 is 0 Å². The standard InChI is InChI=1S/C4H9BS/c1-4(5)3-6-2/h4H,3H2,1-2H3. The van der Waals surface area contributed by atoms with Crippen LogP contribution in [0.15, 0.2) is 0 Å². The summed E-state index contributed by atoms with van der Waals surface area (Å²) >= 11 is 1.78. The summed E-state index contributed by atoms with van der Waals surface area (Å²) in [6.45, 7) is 2.01. The summed E-state index contributed by atoms with van der Waals surface area (Å²) < 4.78 is 0. The predicted octanol–water partition coefficient (Wildman–Crippen LogP) is 1.33. The zero-order valence-electron chi connectivity index (χ0n) is 4.27. The van der Waals surface area contributed by atoms with Crippen LogP contribution in [0.4, 0.5) is 0 Å². The number of thioether (sulfide) groups is 1. The highest BCUT2D eigenvalue weighted by Gasteiger charge is 1.85. The summed E-state index contributed by atoms with van der Waals surface area (Å²) in [5.74, 6) is 1.43. The normalized spacial score (nSPS) is 14.3. The van der Waals surface area contributed by atoms with Crippen LogP contribution in [0, 0.1) is 0 Å². The quantitative estimate of drug-likeness (QED) is 0.471. The Bertz CT molecular complexity index is 28.7. The Hall–Kier alpha value is 0.415. The van der Waals surface area contributed by atoms with Gasteiger partial charge in [0.25, 0.3) is 0 Å². The van der Waals surface area contributed by atoms with Gasteiger partial charge in [-0.3, -0.25) is 0 Å². The molecular formula is C4H9BS. The van der Waals surface area contributed by atoms with E-state index in [2.05, 4.69) is 6.26 Å². The second-order valence-electron chi connectivity index (χ2n) is 1.43. The Morgan fingerprint density at radius 3 is 2.33 bits per heavy atom. The fraction of sp³-hybridized carbons (Fsp3) is 1.00. The Morgan fingerprint density at radius 2 is 2.33 bits per heavy atom. The van der Waals surface area contributed by atoms with Gasteiger partial charge < -0.3 is 0 Å². The Labute approximate surface area is 45.1 Å². The van der Waals surface area contributed by atoms with E-state index in [1.54, 1.807) is 11.8 Å². The van der Waals surface area contributed by atoms with Crippen LogP contribution in [0.25, 0.3) is 0 Å². The van der Waals surface area contributed by atoms with Crippen LogP contribution < -0.4 is 0 Å². The van der Waals surface area contributed by atoms with Crippen molar-refractivity contribution in [2.45, 2.75) is 12.7 Å². The molecule has 0 bridgehead atoms. The van der Waals surface area contributed by atoms with Crippen molar-refractivity contribution in [3.05, 3.63) is 0 Å². The Morgan fingerprint density at radius 1 is 1.83 bits per heavy atom. The lowest BCUT2D eigenvalue weighted by molar-refractivity contribution is 1.10. The van der Waals surface area contributed by atoms with Crippen LogP contribution in [0.3, 0.4) is 0 Å². The van der Waals surface area contributed by atoms with Gasteiger partial charge in [0.15, 0.2) is 0 Å². The van der Waals surface area contributed by atoms with Crippen molar-refractivity contribution in [3.63, 3.8) is 0 Å². The molecular weight excluding hydrogens is 90.9 g/mol. The van der Waals surface area contributed by atoms with Gasteiger partial charge in [0.1, 0.15) is 0 Å². The smallest absolute Gasteiger partial charge is 0.0706 e. The molecule has 0 fully saturated rings. The molecule has 0 aromatic rings. The molecule has 0 aliphatic rings. The average molecular weight is 100.0 g/mol. The third-order valence-corrected chi connectivity index (χ3v) is 1.29. The number of rotatable bonds is 2. The first-order valence-corrected chi connectivity index (χ1v) is 3.41. The van der Waals surface area contributed by atoms with Gasteiger partial charge in [-0.2, -0.15) is 11.8 Å². The van der Waals surface area contributed by atoms with Gasteiger partial charge in [0.05, 0.1) is 7.85 Å².